The topological polar surface area (TPSA) is 110 Å². The molecule has 33 heavy (non-hydrogen) atoms. The maximum absolute atomic E-state index is 13.3. The van der Waals surface area contributed by atoms with Gasteiger partial charge in [-0.25, -0.2) is 0 Å². The highest BCUT2D eigenvalue weighted by Gasteiger charge is 2.30. The Labute approximate surface area is 194 Å². The predicted octanol–water partition coefficient (Wildman–Crippen LogP) is 3.79. The van der Waals surface area contributed by atoms with Gasteiger partial charge in [0, 0.05) is 16.7 Å². The molecule has 1 saturated heterocycles. The molecule has 2 aromatic heterocycles. The van der Waals surface area contributed by atoms with Crippen LogP contribution in [0.4, 0.5) is 0 Å². The van der Waals surface area contributed by atoms with Crippen molar-refractivity contribution in [3.63, 3.8) is 0 Å². The van der Waals surface area contributed by atoms with Crippen molar-refractivity contribution in [2.75, 3.05) is 20.2 Å². The number of esters is 1. The Balaban J connectivity index is 1.83. The van der Waals surface area contributed by atoms with Gasteiger partial charge in [-0.15, -0.1) is 0 Å². The highest BCUT2D eigenvalue weighted by molar-refractivity contribution is 6.31. The molecule has 0 amide bonds. The maximum atomic E-state index is 13.3. The van der Waals surface area contributed by atoms with Crippen LogP contribution in [0.1, 0.15) is 48.7 Å². The minimum Gasteiger partial charge on any atom is -0.502 e. The summed E-state index contributed by atoms with van der Waals surface area (Å²) >= 11 is 6.05. The van der Waals surface area contributed by atoms with Crippen LogP contribution in [0.2, 0.25) is 5.02 Å². The molecule has 0 radical (unpaired) electrons. The van der Waals surface area contributed by atoms with E-state index in [4.69, 9.17) is 25.2 Å². The molecular weight excluding hydrogens is 450 g/mol. The maximum Gasteiger partial charge on any atom is 0.306 e. The first kappa shape index (κ1) is 23.1. The van der Waals surface area contributed by atoms with Crippen molar-refractivity contribution in [3.8, 4) is 5.75 Å². The number of hydrogen-bond donors (Lipinski definition) is 1. The molecule has 3 aromatic rings. The third kappa shape index (κ3) is 4.96. The van der Waals surface area contributed by atoms with Gasteiger partial charge in [0.25, 0.3) is 0 Å². The van der Waals surface area contributed by atoms with Gasteiger partial charge in [-0.3, -0.25) is 19.3 Å². The van der Waals surface area contributed by atoms with Crippen LogP contribution in [0.25, 0.3) is 11.0 Å². The fourth-order valence-electron chi connectivity index (χ4n) is 4.16. The molecule has 1 atom stereocenters. The number of piperidine rings is 1. The lowest BCUT2D eigenvalue weighted by Crippen LogP contribution is -2.29. The number of halogens is 1. The van der Waals surface area contributed by atoms with Crippen LogP contribution < -0.4 is 10.9 Å². The lowest BCUT2D eigenvalue weighted by Gasteiger charge is -2.26. The number of aromatic hydroxyl groups is 1. The van der Waals surface area contributed by atoms with Gasteiger partial charge in [-0.1, -0.05) is 18.0 Å². The molecule has 174 valence electrons. The zero-order valence-corrected chi connectivity index (χ0v) is 18.9. The quantitative estimate of drug-likeness (QED) is 0.538. The standard InChI is InChI=1S/C24H24ClNO7/c1-31-21(28)11-16(18-13-32-20-6-5-14(25)9-17(20)22(18)29)24-23(30)19(27)10-15(33-24)12-26-7-3-2-4-8-26/h5-6,9-10,13,16,30H,2-4,7-8,11-12H2,1H3/t16-/m0/s1. The van der Waals surface area contributed by atoms with Crippen molar-refractivity contribution < 1.29 is 23.5 Å². The van der Waals surface area contributed by atoms with Crippen LogP contribution in [0, 0.1) is 0 Å². The van der Waals surface area contributed by atoms with Gasteiger partial charge in [0.15, 0.2) is 11.2 Å². The number of carbonyl (C=O) groups excluding carboxylic acids is 1. The predicted molar refractivity (Wildman–Crippen MR) is 122 cm³/mol. The molecule has 1 aliphatic heterocycles. The van der Waals surface area contributed by atoms with Crippen molar-refractivity contribution >= 4 is 28.5 Å². The first-order valence-corrected chi connectivity index (χ1v) is 11.1. The number of methoxy groups -OCH3 is 1. The van der Waals surface area contributed by atoms with Crippen LogP contribution in [-0.2, 0) is 16.1 Å². The van der Waals surface area contributed by atoms with E-state index in [-0.39, 0.29) is 23.1 Å². The molecule has 0 saturated carbocycles. The molecule has 1 aliphatic rings. The molecule has 1 aromatic carbocycles. The minimum atomic E-state index is -1.09. The lowest BCUT2D eigenvalue weighted by atomic mass is 9.92. The second-order valence-corrected chi connectivity index (χ2v) is 8.56. The third-order valence-electron chi connectivity index (χ3n) is 5.88. The van der Waals surface area contributed by atoms with Gasteiger partial charge in [0.05, 0.1) is 37.6 Å². The molecule has 4 rings (SSSR count). The molecule has 0 aliphatic carbocycles. The van der Waals surface area contributed by atoms with Crippen LogP contribution in [-0.4, -0.2) is 36.2 Å². The fraction of sp³-hybridized carbons (Fsp3) is 0.375. The van der Waals surface area contributed by atoms with Crippen LogP contribution >= 0.6 is 11.6 Å². The van der Waals surface area contributed by atoms with E-state index in [0.717, 1.165) is 32.4 Å². The van der Waals surface area contributed by atoms with E-state index >= 15 is 0 Å². The number of carbonyl (C=O) groups is 1. The normalized spacial score (nSPS) is 15.5. The summed E-state index contributed by atoms with van der Waals surface area (Å²) in [5.41, 5.74) is -0.735. The Morgan fingerprint density at radius 1 is 1.21 bits per heavy atom. The van der Waals surface area contributed by atoms with E-state index in [0.29, 0.717) is 22.9 Å². The summed E-state index contributed by atoms with van der Waals surface area (Å²) in [5.74, 6) is -2.22. The molecule has 0 unspecified atom stereocenters. The number of hydrogen-bond acceptors (Lipinski definition) is 8. The van der Waals surface area contributed by atoms with Gasteiger partial charge in [0.2, 0.25) is 11.2 Å². The largest absolute Gasteiger partial charge is 0.502 e. The Hall–Kier alpha value is -3.10. The van der Waals surface area contributed by atoms with Crippen molar-refractivity contribution in [1.82, 2.24) is 4.90 Å². The summed E-state index contributed by atoms with van der Waals surface area (Å²) in [6.07, 6.45) is 4.14. The molecule has 9 heteroatoms. The van der Waals surface area contributed by atoms with Gasteiger partial charge < -0.3 is 18.7 Å². The smallest absolute Gasteiger partial charge is 0.306 e. The average molecular weight is 474 g/mol. The molecular formula is C24H24ClNO7. The van der Waals surface area contributed by atoms with Crippen molar-refractivity contribution in [2.24, 2.45) is 0 Å². The average Bonchev–Trinajstić information content (AvgIpc) is 2.81. The number of nitrogens with zero attached hydrogens (tertiary/aromatic N) is 1. The Kier molecular flexibility index (Phi) is 6.85. The Bertz CT molecular complexity index is 1290. The van der Waals surface area contributed by atoms with Gasteiger partial charge in [-0.05, 0) is 44.1 Å². The first-order valence-electron chi connectivity index (χ1n) is 10.7. The summed E-state index contributed by atoms with van der Waals surface area (Å²) in [5, 5.41) is 11.1. The number of likely N-dealkylation sites (tertiary alicyclic amines) is 1. The number of fused-ring (bicyclic) bond motifs is 1. The van der Waals surface area contributed by atoms with E-state index in [1.807, 2.05) is 0 Å². The molecule has 0 bridgehead atoms. The SMILES string of the molecule is COC(=O)C[C@H](c1oc(CN2CCCCC2)cc(=O)c1O)c1coc2ccc(Cl)cc2c1=O. The second kappa shape index (κ2) is 9.80. The first-order chi connectivity index (χ1) is 15.9. The summed E-state index contributed by atoms with van der Waals surface area (Å²) in [7, 11) is 1.21. The molecule has 8 nitrogen and oxygen atoms in total. The van der Waals surface area contributed by atoms with Crippen molar-refractivity contribution in [3.05, 3.63) is 73.1 Å². The summed E-state index contributed by atoms with van der Waals surface area (Å²) < 4.78 is 16.3. The highest BCUT2D eigenvalue weighted by Crippen LogP contribution is 2.33. The van der Waals surface area contributed by atoms with Crippen LogP contribution in [0.15, 0.2) is 49.0 Å². The zero-order valence-electron chi connectivity index (χ0n) is 18.1. The summed E-state index contributed by atoms with van der Waals surface area (Å²) in [6.45, 7) is 2.14. The molecule has 3 heterocycles. The van der Waals surface area contributed by atoms with E-state index in [1.54, 1.807) is 12.1 Å². The van der Waals surface area contributed by atoms with Gasteiger partial charge in [-0.2, -0.15) is 0 Å². The van der Waals surface area contributed by atoms with Crippen LogP contribution in [0.5, 0.6) is 5.75 Å². The Morgan fingerprint density at radius 3 is 2.70 bits per heavy atom. The van der Waals surface area contributed by atoms with E-state index < -0.39 is 28.5 Å². The van der Waals surface area contributed by atoms with E-state index in [9.17, 15) is 19.5 Å². The lowest BCUT2D eigenvalue weighted by molar-refractivity contribution is -0.140. The fourth-order valence-corrected chi connectivity index (χ4v) is 4.33. The highest BCUT2D eigenvalue weighted by atomic mass is 35.5. The minimum absolute atomic E-state index is 0.0451. The molecule has 1 N–H and O–H groups in total. The number of benzene rings is 1. The summed E-state index contributed by atoms with van der Waals surface area (Å²) in [4.78, 5) is 40.2. The van der Waals surface area contributed by atoms with Crippen molar-refractivity contribution in [2.45, 2.75) is 38.1 Å². The monoisotopic (exact) mass is 473 g/mol. The second-order valence-electron chi connectivity index (χ2n) is 8.12. The van der Waals surface area contributed by atoms with Gasteiger partial charge >= 0.3 is 5.97 Å². The van der Waals surface area contributed by atoms with E-state index in [2.05, 4.69) is 4.90 Å². The number of ether oxygens (including phenoxy) is 1. The zero-order chi connectivity index (χ0) is 23.5. The molecule has 0 spiro atoms. The number of rotatable bonds is 6. The van der Waals surface area contributed by atoms with E-state index in [1.165, 1.54) is 25.5 Å². The van der Waals surface area contributed by atoms with Gasteiger partial charge in [0.1, 0.15) is 11.3 Å². The van der Waals surface area contributed by atoms with Crippen LogP contribution in [0.3, 0.4) is 0 Å². The molecule has 1 fully saturated rings. The van der Waals surface area contributed by atoms with Crippen molar-refractivity contribution in [1.29, 1.82) is 0 Å². The Morgan fingerprint density at radius 2 is 1.97 bits per heavy atom. The summed E-state index contributed by atoms with van der Waals surface area (Å²) in [6, 6.07) is 5.86. The third-order valence-corrected chi connectivity index (χ3v) is 6.11.